The lowest BCUT2D eigenvalue weighted by Crippen LogP contribution is -2.62. The third-order valence-corrected chi connectivity index (χ3v) is 6.39. The molecule has 0 spiro atoms. The SMILES string of the molecule is CC(C)(C)S(=O)N[C@](C)(c1ccccc1F)[C@H]1COC[C@]1(O)C(F)(F)F. The van der Waals surface area contributed by atoms with Gasteiger partial charge >= 0.3 is 6.18 Å². The van der Waals surface area contributed by atoms with E-state index >= 15 is 0 Å². The quantitative estimate of drug-likeness (QED) is 0.768. The maximum atomic E-state index is 14.5. The molecule has 0 aliphatic carbocycles. The molecular formula is C17H23F4NO3S. The number of nitrogens with one attached hydrogen (secondary N) is 1. The molecule has 2 rings (SSSR count). The summed E-state index contributed by atoms with van der Waals surface area (Å²) in [7, 11) is -1.82. The van der Waals surface area contributed by atoms with Gasteiger partial charge in [0, 0.05) is 11.5 Å². The second-order valence-electron chi connectivity index (χ2n) is 7.66. The van der Waals surface area contributed by atoms with Gasteiger partial charge in [-0.15, -0.1) is 0 Å². The summed E-state index contributed by atoms with van der Waals surface area (Å²) in [5, 5.41) is 10.4. The van der Waals surface area contributed by atoms with E-state index in [2.05, 4.69) is 4.72 Å². The van der Waals surface area contributed by atoms with Crippen molar-refractivity contribution in [3.63, 3.8) is 0 Å². The fourth-order valence-electron chi connectivity index (χ4n) is 3.04. The van der Waals surface area contributed by atoms with Gasteiger partial charge in [0.25, 0.3) is 0 Å². The zero-order chi connectivity index (χ0) is 20.0. The number of aliphatic hydroxyl groups is 1. The van der Waals surface area contributed by atoms with Gasteiger partial charge in [-0.1, -0.05) is 18.2 Å². The molecule has 9 heteroatoms. The standard InChI is InChI=1S/C17H23F4NO3S/c1-14(2,3)26(24)22-15(4,11-7-5-6-8-12(11)18)13-9-25-10-16(13,23)17(19,20)21/h5-8,13,22-23H,9-10H2,1-4H3/t13-,15-,16-,26?/m1/s1. The molecule has 1 saturated heterocycles. The van der Waals surface area contributed by atoms with Gasteiger partial charge in [-0.05, 0) is 33.8 Å². The molecule has 1 aromatic rings. The number of hydrogen-bond acceptors (Lipinski definition) is 3. The lowest BCUT2D eigenvalue weighted by molar-refractivity contribution is -0.276. The van der Waals surface area contributed by atoms with Crippen LogP contribution >= 0.6 is 0 Å². The van der Waals surface area contributed by atoms with Crippen LogP contribution in [0.4, 0.5) is 17.6 Å². The van der Waals surface area contributed by atoms with Gasteiger partial charge in [0.05, 0.1) is 34.5 Å². The Hall–Kier alpha value is -1.03. The highest BCUT2D eigenvalue weighted by atomic mass is 32.2. The summed E-state index contributed by atoms with van der Waals surface area (Å²) in [4.78, 5) is 0. The first-order valence-electron chi connectivity index (χ1n) is 8.05. The molecule has 0 amide bonds. The van der Waals surface area contributed by atoms with Crippen molar-refractivity contribution in [1.29, 1.82) is 0 Å². The molecule has 1 aliphatic heterocycles. The van der Waals surface area contributed by atoms with Crippen LogP contribution in [0.25, 0.3) is 0 Å². The van der Waals surface area contributed by atoms with Gasteiger partial charge < -0.3 is 9.84 Å². The summed E-state index contributed by atoms with van der Waals surface area (Å²) in [5.41, 5.74) is -5.10. The van der Waals surface area contributed by atoms with E-state index in [9.17, 15) is 26.9 Å². The van der Waals surface area contributed by atoms with Crippen LogP contribution in [0.15, 0.2) is 24.3 Å². The highest BCUT2D eigenvalue weighted by Gasteiger charge is 2.66. The van der Waals surface area contributed by atoms with Crippen LogP contribution in [0, 0.1) is 11.7 Å². The van der Waals surface area contributed by atoms with E-state index < -0.39 is 58.0 Å². The first kappa shape index (κ1) is 21.3. The number of alkyl halides is 3. The highest BCUT2D eigenvalue weighted by Crippen LogP contribution is 2.48. The van der Waals surface area contributed by atoms with Gasteiger partial charge in [-0.2, -0.15) is 13.2 Å². The zero-order valence-electron chi connectivity index (χ0n) is 15.0. The molecule has 0 radical (unpaired) electrons. The van der Waals surface area contributed by atoms with E-state index in [0.717, 1.165) is 6.07 Å². The Kier molecular flexibility index (Phi) is 5.60. The monoisotopic (exact) mass is 397 g/mol. The number of rotatable bonds is 4. The molecule has 0 aromatic heterocycles. The van der Waals surface area contributed by atoms with E-state index in [4.69, 9.17) is 4.74 Å². The maximum Gasteiger partial charge on any atom is 0.419 e. The van der Waals surface area contributed by atoms with Crippen molar-refractivity contribution in [2.45, 2.75) is 49.8 Å². The van der Waals surface area contributed by atoms with E-state index in [1.54, 1.807) is 20.8 Å². The molecular weight excluding hydrogens is 374 g/mol. The summed E-state index contributed by atoms with van der Waals surface area (Å²) in [5.74, 6) is -2.36. The Labute approximate surface area is 152 Å². The molecule has 0 saturated carbocycles. The van der Waals surface area contributed by atoms with Crippen LogP contribution in [-0.4, -0.2) is 39.1 Å². The predicted octanol–water partition coefficient (Wildman–Crippen LogP) is 3.03. The largest absolute Gasteiger partial charge is 0.419 e. The van der Waals surface area contributed by atoms with E-state index in [1.807, 2.05) is 0 Å². The van der Waals surface area contributed by atoms with Crippen LogP contribution in [0.5, 0.6) is 0 Å². The van der Waals surface area contributed by atoms with Crippen LogP contribution in [0.2, 0.25) is 0 Å². The summed E-state index contributed by atoms with van der Waals surface area (Å²) >= 11 is 0. The average molecular weight is 397 g/mol. The molecule has 4 atom stereocenters. The van der Waals surface area contributed by atoms with Gasteiger partial charge in [-0.25, -0.2) is 13.3 Å². The molecule has 2 N–H and O–H groups in total. The lowest BCUT2D eigenvalue weighted by Gasteiger charge is -2.44. The first-order valence-corrected chi connectivity index (χ1v) is 9.20. The zero-order valence-corrected chi connectivity index (χ0v) is 15.8. The van der Waals surface area contributed by atoms with Gasteiger partial charge in [-0.3, -0.25) is 0 Å². The molecule has 1 fully saturated rings. The Morgan fingerprint density at radius 2 is 1.81 bits per heavy atom. The highest BCUT2D eigenvalue weighted by molar-refractivity contribution is 7.84. The van der Waals surface area contributed by atoms with Crippen molar-refractivity contribution >= 4 is 11.0 Å². The lowest BCUT2D eigenvalue weighted by atomic mass is 9.72. The minimum Gasteiger partial charge on any atom is -0.378 e. The molecule has 1 heterocycles. The molecule has 4 nitrogen and oxygen atoms in total. The molecule has 148 valence electrons. The average Bonchev–Trinajstić information content (AvgIpc) is 2.90. The van der Waals surface area contributed by atoms with Crippen molar-refractivity contribution in [3.8, 4) is 0 Å². The minimum atomic E-state index is -4.99. The Morgan fingerprint density at radius 1 is 1.23 bits per heavy atom. The number of benzene rings is 1. The van der Waals surface area contributed by atoms with Gasteiger partial charge in [0.15, 0.2) is 5.60 Å². The number of ether oxygens (including phenoxy) is 1. The Balaban J connectivity index is 2.62. The second kappa shape index (κ2) is 6.85. The van der Waals surface area contributed by atoms with Crippen LogP contribution < -0.4 is 4.72 Å². The minimum absolute atomic E-state index is 0.115. The Bertz CT molecular complexity index is 691. The van der Waals surface area contributed by atoms with Gasteiger partial charge in [0.2, 0.25) is 0 Å². The van der Waals surface area contributed by atoms with Crippen LogP contribution in [-0.2, 0) is 21.3 Å². The number of halogens is 4. The Morgan fingerprint density at radius 3 is 2.31 bits per heavy atom. The molecule has 1 unspecified atom stereocenters. The van der Waals surface area contributed by atoms with Gasteiger partial charge in [0.1, 0.15) is 5.82 Å². The predicted molar refractivity (Wildman–Crippen MR) is 90.1 cm³/mol. The molecule has 0 bridgehead atoms. The fourth-order valence-corrected chi connectivity index (χ4v) is 3.98. The van der Waals surface area contributed by atoms with E-state index in [0.29, 0.717) is 0 Å². The normalized spacial score (nSPS) is 28.0. The van der Waals surface area contributed by atoms with Crippen LogP contribution in [0.1, 0.15) is 33.3 Å². The molecule has 1 aromatic carbocycles. The molecule has 26 heavy (non-hydrogen) atoms. The third kappa shape index (κ3) is 3.67. The van der Waals surface area contributed by atoms with E-state index in [-0.39, 0.29) is 5.56 Å². The topological polar surface area (TPSA) is 58.6 Å². The second-order valence-corrected chi connectivity index (χ2v) is 9.62. The van der Waals surface area contributed by atoms with Crippen molar-refractivity contribution in [2.75, 3.05) is 13.2 Å². The summed E-state index contributed by atoms with van der Waals surface area (Å²) in [6.45, 7) is 4.80. The van der Waals surface area contributed by atoms with Crippen molar-refractivity contribution in [1.82, 2.24) is 4.72 Å². The first-order chi connectivity index (χ1) is 11.7. The summed E-state index contributed by atoms with van der Waals surface area (Å²) in [6, 6.07) is 5.30. The smallest absolute Gasteiger partial charge is 0.378 e. The number of hydrogen-bond donors (Lipinski definition) is 2. The van der Waals surface area contributed by atoms with Crippen LogP contribution in [0.3, 0.4) is 0 Å². The van der Waals surface area contributed by atoms with E-state index in [1.165, 1.54) is 25.1 Å². The third-order valence-electron chi connectivity index (χ3n) is 4.67. The molecule has 1 aliphatic rings. The van der Waals surface area contributed by atoms with Crippen molar-refractivity contribution in [3.05, 3.63) is 35.6 Å². The fraction of sp³-hybridized carbons (Fsp3) is 0.647. The van der Waals surface area contributed by atoms with Crippen molar-refractivity contribution in [2.24, 2.45) is 5.92 Å². The van der Waals surface area contributed by atoms with Crippen molar-refractivity contribution < 1.29 is 31.6 Å². The summed E-state index contributed by atoms with van der Waals surface area (Å²) in [6.07, 6.45) is -4.99. The summed E-state index contributed by atoms with van der Waals surface area (Å²) < 4.78 is 74.7. The maximum absolute atomic E-state index is 14.5.